The zero-order chi connectivity index (χ0) is 13.7. The van der Waals surface area contributed by atoms with Crippen LogP contribution in [-0.2, 0) is 5.75 Å². The number of non-ortho nitro benzene ring substituents is 1. The first-order chi connectivity index (χ1) is 9.20. The predicted octanol–water partition coefficient (Wildman–Crippen LogP) is 3.70. The van der Waals surface area contributed by atoms with Crippen molar-refractivity contribution in [2.24, 2.45) is 0 Å². The van der Waals surface area contributed by atoms with E-state index in [1.165, 1.54) is 30.0 Å². The molecule has 5 heteroatoms. The summed E-state index contributed by atoms with van der Waals surface area (Å²) in [5, 5.41) is 10.7. The summed E-state index contributed by atoms with van der Waals surface area (Å²) in [7, 11) is 0. The average molecular weight is 273 g/mol. The van der Waals surface area contributed by atoms with Crippen LogP contribution in [0.25, 0.3) is 0 Å². The van der Waals surface area contributed by atoms with Crippen LogP contribution in [0.3, 0.4) is 0 Å². The molecule has 19 heavy (non-hydrogen) atoms. The first-order valence-corrected chi connectivity index (χ1v) is 6.59. The van der Waals surface area contributed by atoms with Gasteiger partial charge in [-0.1, -0.05) is 30.3 Å². The van der Waals surface area contributed by atoms with Crippen LogP contribution in [0.2, 0.25) is 0 Å². The lowest BCUT2D eigenvalue weighted by atomic mass is 10.2. The minimum atomic E-state index is -0.457. The summed E-state index contributed by atoms with van der Waals surface area (Å²) in [6.45, 7) is 0. The molecule has 0 fully saturated rings. The summed E-state index contributed by atoms with van der Waals surface area (Å²) in [6, 6.07) is 14.0. The highest BCUT2D eigenvalue weighted by molar-refractivity contribution is 7.98. The Morgan fingerprint density at radius 1 is 1.16 bits per heavy atom. The van der Waals surface area contributed by atoms with Crippen LogP contribution in [0.4, 0.5) is 5.69 Å². The number of hydrogen-bond acceptors (Lipinski definition) is 4. The average Bonchev–Trinajstić information content (AvgIpc) is 2.45. The molecule has 96 valence electrons. The van der Waals surface area contributed by atoms with Gasteiger partial charge in [0.05, 0.1) is 4.92 Å². The zero-order valence-electron chi connectivity index (χ0n) is 9.98. The van der Waals surface area contributed by atoms with Crippen molar-refractivity contribution < 1.29 is 9.72 Å². The number of hydrogen-bond donors (Lipinski definition) is 0. The van der Waals surface area contributed by atoms with Gasteiger partial charge in [0.25, 0.3) is 5.69 Å². The summed E-state index contributed by atoms with van der Waals surface area (Å²) < 4.78 is 0. The van der Waals surface area contributed by atoms with Crippen molar-refractivity contribution in [3.63, 3.8) is 0 Å². The highest BCUT2D eigenvalue weighted by atomic mass is 32.2. The third kappa shape index (κ3) is 3.42. The first kappa shape index (κ1) is 13.3. The Bertz CT molecular complexity index is 599. The summed E-state index contributed by atoms with van der Waals surface area (Å²) in [5.74, 6) is 0.669. The molecule has 2 aromatic rings. The van der Waals surface area contributed by atoms with E-state index in [4.69, 9.17) is 0 Å². The largest absolute Gasteiger partial charge is 0.298 e. The maximum Gasteiger partial charge on any atom is 0.270 e. The van der Waals surface area contributed by atoms with E-state index >= 15 is 0 Å². The number of nitro groups is 1. The molecule has 0 saturated carbocycles. The van der Waals surface area contributed by atoms with E-state index in [-0.39, 0.29) is 5.69 Å². The summed E-state index contributed by atoms with van der Waals surface area (Å²) in [4.78, 5) is 21.8. The fourth-order valence-electron chi connectivity index (χ4n) is 1.59. The Morgan fingerprint density at radius 2 is 1.89 bits per heavy atom. The van der Waals surface area contributed by atoms with E-state index in [1.54, 1.807) is 0 Å². The molecule has 0 amide bonds. The molecule has 0 aliphatic rings. The lowest BCUT2D eigenvalue weighted by Gasteiger charge is -2.04. The molecule has 0 aromatic heterocycles. The summed E-state index contributed by atoms with van der Waals surface area (Å²) in [6.07, 6.45) is 0.719. The molecule has 0 aliphatic heterocycles. The van der Waals surface area contributed by atoms with Crippen molar-refractivity contribution in [3.05, 3.63) is 69.8 Å². The predicted molar refractivity (Wildman–Crippen MR) is 74.5 cm³/mol. The standard InChI is InChI=1S/C14H11NO3S/c16-9-12-6-7-13(15(17)18)8-14(12)19-10-11-4-2-1-3-5-11/h1-9H,10H2. The maximum absolute atomic E-state index is 10.9. The highest BCUT2D eigenvalue weighted by Crippen LogP contribution is 2.29. The highest BCUT2D eigenvalue weighted by Gasteiger charge is 2.10. The van der Waals surface area contributed by atoms with Crippen molar-refractivity contribution in [2.75, 3.05) is 0 Å². The quantitative estimate of drug-likeness (QED) is 0.361. The van der Waals surface area contributed by atoms with E-state index < -0.39 is 4.92 Å². The number of rotatable bonds is 5. The van der Waals surface area contributed by atoms with Gasteiger partial charge in [-0.15, -0.1) is 11.8 Å². The second kappa shape index (κ2) is 6.15. The van der Waals surface area contributed by atoms with E-state index in [9.17, 15) is 14.9 Å². The van der Waals surface area contributed by atoms with Crippen LogP contribution in [-0.4, -0.2) is 11.2 Å². The molecule has 0 radical (unpaired) electrons. The van der Waals surface area contributed by atoms with Gasteiger partial charge in [-0.05, 0) is 11.6 Å². The molecule has 0 aliphatic carbocycles. The van der Waals surface area contributed by atoms with Gasteiger partial charge >= 0.3 is 0 Å². The third-order valence-corrected chi connectivity index (χ3v) is 3.71. The van der Waals surface area contributed by atoms with E-state index in [1.807, 2.05) is 30.3 Å². The number of nitrogens with zero attached hydrogens (tertiary/aromatic N) is 1. The molecular weight excluding hydrogens is 262 g/mol. The summed E-state index contributed by atoms with van der Waals surface area (Å²) >= 11 is 1.42. The second-order valence-corrected chi connectivity index (χ2v) is 4.89. The molecule has 0 N–H and O–H groups in total. The Labute approximate surface area is 114 Å². The molecule has 2 rings (SSSR count). The molecule has 0 unspecified atom stereocenters. The number of nitro benzene ring substituents is 1. The summed E-state index contributed by atoms with van der Waals surface area (Å²) in [5.41, 5.74) is 1.59. The van der Waals surface area contributed by atoms with Gasteiger partial charge in [0.15, 0.2) is 6.29 Å². The number of aldehydes is 1. The Morgan fingerprint density at radius 3 is 2.53 bits per heavy atom. The van der Waals surface area contributed by atoms with Gasteiger partial charge in [-0.3, -0.25) is 14.9 Å². The van der Waals surface area contributed by atoms with E-state index in [2.05, 4.69) is 0 Å². The fourth-order valence-corrected chi connectivity index (χ4v) is 2.60. The number of benzene rings is 2. The van der Waals surface area contributed by atoms with Gasteiger partial charge < -0.3 is 0 Å². The fraction of sp³-hybridized carbons (Fsp3) is 0.0714. The Balaban J connectivity index is 2.20. The maximum atomic E-state index is 10.9. The topological polar surface area (TPSA) is 60.2 Å². The number of carbonyl (C=O) groups is 1. The van der Waals surface area contributed by atoms with Gasteiger partial charge in [0, 0.05) is 28.3 Å². The van der Waals surface area contributed by atoms with Crippen LogP contribution >= 0.6 is 11.8 Å². The van der Waals surface area contributed by atoms with Crippen LogP contribution < -0.4 is 0 Å². The number of carbonyl (C=O) groups excluding carboxylic acids is 1. The molecule has 0 heterocycles. The third-order valence-electron chi connectivity index (χ3n) is 2.57. The van der Waals surface area contributed by atoms with Crippen LogP contribution in [0, 0.1) is 10.1 Å². The van der Waals surface area contributed by atoms with Gasteiger partial charge in [0.2, 0.25) is 0 Å². The van der Waals surface area contributed by atoms with Crippen molar-refractivity contribution in [1.82, 2.24) is 0 Å². The minimum Gasteiger partial charge on any atom is -0.298 e. The van der Waals surface area contributed by atoms with Crippen LogP contribution in [0.15, 0.2) is 53.4 Å². The van der Waals surface area contributed by atoms with E-state index in [0.29, 0.717) is 16.2 Å². The smallest absolute Gasteiger partial charge is 0.270 e. The Kier molecular flexibility index (Phi) is 4.30. The molecule has 0 saturated heterocycles. The van der Waals surface area contributed by atoms with Gasteiger partial charge in [0.1, 0.15) is 0 Å². The molecule has 2 aromatic carbocycles. The van der Waals surface area contributed by atoms with Crippen molar-refractivity contribution in [3.8, 4) is 0 Å². The van der Waals surface area contributed by atoms with Gasteiger partial charge in [-0.2, -0.15) is 0 Å². The lowest BCUT2D eigenvalue weighted by Crippen LogP contribution is -1.92. The molecule has 0 spiro atoms. The molecule has 0 atom stereocenters. The van der Waals surface area contributed by atoms with Crippen molar-refractivity contribution >= 4 is 23.7 Å². The Hall–Kier alpha value is -2.14. The minimum absolute atomic E-state index is 0.00108. The number of thioether (sulfide) groups is 1. The van der Waals surface area contributed by atoms with Crippen molar-refractivity contribution in [1.29, 1.82) is 0 Å². The van der Waals surface area contributed by atoms with Crippen LogP contribution in [0.1, 0.15) is 15.9 Å². The lowest BCUT2D eigenvalue weighted by molar-refractivity contribution is -0.385. The van der Waals surface area contributed by atoms with Crippen molar-refractivity contribution in [2.45, 2.75) is 10.6 Å². The zero-order valence-corrected chi connectivity index (χ0v) is 10.8. The van der Waals surface area contributed by atoms with Crippen LogP contribution in [0.5, 0.6) is 0 Å². The SMILES string of the molecule is O=Cc1ccc([N+](=O)[O-])cc1SCc1ccccc1. The molecule has 4 nitrogen and oxygen atoms in total. The van der Waals surface area contributed by atoms with E-state index in [0.717, 1.165) is 11.8 Å². The molecule has 0 bridgehead atoms. The second-order valence-electron chi connectivity index (χ2n) is 3.87. The van der Waals surface area contributed by atoms with Gasteiger partial charge in [-0.25, -0.2) is 0 Å². The monoisotopic (exact) mass is 273 g/mol. The normalized spacial score (nSPS) is 10.1. The molecular formula is C14H11NO3S. The first-order valence-electron chi connectivity index (χ1n) is 5.61.